The first-order chi connectivity index (χ1) is 11.7. The average molecular weight is 330 g/mol. The van der Waals surface area contributed by atoms with E-state index in [9.17, 15) is 4.79 Å². The molecule has 1 aliphatic heterocycles. The van der Waals surface area contributed by atoms with Gasteiger partial charge in [-0.2, -0.15) is 5.26 Å². The molecule has 1 fully saturated rings. The third-order valence-electron chi connectivity index (χ3n) is 4.26. The molecule has 1 aromatic rings. The SMILES string of the molecule is CCOC(=O)[C@@H]1CCCN(CCCCOc2ccccc2C#N)C1. The first-order valence-electron chi connectivity index (χ1n) is 8.75. The van der Waals surface area contributed by atoms with Crippen molar-refractivity contribution in [3.05, 3.63) is 29.8 Å². The van der Waals surface area contributed by atoms with Gasteiger partial charge in [0.1, 0.15) is 11.8 Å². The first kappa shape index (κ1) is 18.3. The van der Waals surface area contributed by atoms with Gasteiger partial charge < -0.3 is 14.4 Å². The van der Waals surface area contributed by atoms with Gasteiger partial charge in [-0.1, -0.05) is 12.1 Å². The van der Waals surface area contributed by atoms with E-state index >= 15 is 0 Å². The van der Waals surface area contributed by atoms with Crippen molar-refractivity contribution in [2.24, 2.45) is 5.92 Å². The monoisotopic (exact) mass is 330 g/mol. The van der Waals surface area contributed by atoms with Crippen molar-refractivity contribution in [3.8, 4) is 11.8 Å². The Morgan fingerprint density at radius 3 is 3.00 bits per heavy atom. The molecule has 5 heteroatoms. The van der Waals surface area contributed by atoms with Gasteiger partial charge in [0.2, 0.25) is 0 Å². The zero-order valence-electron chi connectivity index (χ0n) is 14.4. The number of unbranched alkanes of at least 4 members (excludes halogenated alkanes) is 1. The van der Waals surface area contributed by atoms with Gasteiger partial charge >= 0.3 is 5.97 Å². The summed E-state index contributed by atoms with van der Waals surface area (Å²) in [5.41, 5.74) is 0.575. The lowest BCUT2D eigenvalue weighted by molar-refractivity contribution is -0.149. The molecule has 1 saturated heterocycles. The quantitative estimate of drug-likeness (QED) is 0.541. The van der Waals surface area contributed by atoms with Gasteiger partial charge in [0, 0.05) is 6.54 Å². The summed E-state index contributed by atoms with van der Waals surface area (Å²) in [5, 5.41) is 9.02. The predicted molar refractivity (Wildman–Crippen MR) is 91.7 cm³/mol. The fourth-order valence-corrected chi connectivity index (χ4v) is 3.02. The number of esters is 1. The highest BCUT2D eigenvalue weighted by atomic mass is 16.5. The van der Waals surface area contributed by atoms with E-state index in [-0.39, 0.29) is 11.9 Å². The van der Waals surface area contributed by atoms with E-state index in [0.717, 1.165) is 45.3 Å². The molecule has 5 nitrogen and oxygen atoms in total. The zero-order chi connectivity index (χ0) is 17.2. The minimum Gasteiger partial charge on any atom is -0.492 e. The molecule has 1 aromatic carbocycles. The predicted octanol–water partition coefficient (Wildman–Crippen LogP) is 2.99. The maximum atomic E-state index is 11.8. The zero-order valence-corrected chi connectivity index (χ0v) is 14.4. The Labute approximate surface area is 144 Å². The summed E-state index contributed by atoms with van der Waals surface area (Å²) in [6, 6.07) is 9.44. The molecule has 130 valence electrons. The minimum absolute atomic E-state index is 0.0254. The maximum absolute atomic E-state index is 11.8. The highest BCUT2D eigenvalue weighted by Crippen LogP contribution is 2.19. The Bertz CT molecular complexity index is 568. The van der Waals surface area contributed by atoms with Gasteiger partial charge in [0.25, 0.3) is 0 Å². The number of ether oxygens (including phenoxy) is 2. The standard InChI is InChI=1S/C19H26N2O3/c1-2-23-19(22)17-9-7-12-21(15-17)11-5-6-13-24-18-10-4-3-8-16(18)14-20/h3-4,8,10,17H,2,5-7,9,11-13,15H2,1H3/t17-/m1/s1. The smallest absolute Gasteiger partial charge is 0.310 e. The summed E-state index contributed by atoms with van der Waals surface area (Å²) in [7, 11) is 0. The number of rotatable bonds is 8. The summed E-state index contributed by atoms with van der Waals surface area (Å²) in [6.45, 7) is 5.73. The normalized spacial score (nSPS) is 17.9. The van der Waals surface area contributed by atoms with Crippen LogP contribution in [0.4, 0.5) is 0 Å². The molecule has 0 spiro atoms. The number of para-hydroxylation sites is 1. The van der Waals surface area contributed by atoms with Crippen molar-refractivity contribution in [3.63, 3.8) is 0 Å². The third kappa shape index (κ3) is 5.54. The van der Waals surface area contributed by atoms with Gasteiger partial charge in [-0.3, -0.25) is 4.79 Å². The van der Waals surface area contributed by atoms with Crippen LogP contribution >= 0.6 is 0 Å². The first-order valence-corrected chi connectivity index (χ1v) is 8.75. The molecule has 2 rings (SSSR count). The molecule has 0 bridgehead atoms. The number of likely N-dealkylation sites (tertiary alicyclic amines) is 1. The number of benzene rings is 1. The van der Waals surface area contributed by atoms with Crippen LogP contribution in [-0.4, -0.2) is 43.7 Å². The summed E-state index contributed by atoms with van der Waals surface area (Å²) >= 11 is 0. The van der Waals surface area contributed by atoms with Crippen LogP contribution in [0, 0.1) is 17.2 Å². The summed E-state index contributed by atoms with van der Waals surface area (Å²) in [6.07, 6.45) is 3.93. The molecule has 0 N–H and O–H groups in total. The minimum atomic E-state index is -0.0568. The van der Waals surface area contributed by atoms with Crippen LogP contribution in [0.15, 0.2) is 24.3 Å². The molecular weight excluding hydrogens is 304 g/mol. The Morgan fingerprint density at radius 1 is 1.38 bits per heavy atom. The molecule has 24 heavy (non-hydrogen) atoms. The van der Waals surface area contributed by atoms with E-state index < -0.39 is 0 Å². The van der Waals surface area contributed by atoms with Crippen LogP contribution in [0.3, 0.4) is 0 Å². The van der Waals surface area contributed by atoms with Crippen LogP contribution in [-0.2, 0) is 9.53 Å². The van der Waals surface area contributed by atoms with E-state index in [1.165, 1.54) is 0 Å². The second-order valence-electron chi connectivity index (χ2n) is 6.06. The number of carbonyl (C=O) groups excluding carboxylic acids is 1. The Balaban J connectivity index is 1.65. The van der Waals surface area contributed by atoms with Gasteiger partial charge in [0.15, 0.2) is 0 Å². The molecule has 1 heterocycles. The summed E-state index contributed by atoms with van der Waals surface area (Å²) in [5.74, 6) is 0.622. The van der Waals surface area contributed by atoms with Crippen LogP contribution in [0.1, 0.15) is 38.2 Å². The van der Waals surface area contributed by atoms with E-state index in [2.05, 4.69) is 11.0 Å². The van der Waals surface area contributed by atoms with E-state index in [0.29, 0.717) is 24.5 Å². The number of hydrogen-bond acceptors (Lipinski definition) is 5. The van der Waals surface area contributed by atoms with Gasteiger partial charge in [-0.05, 0) is 57.8 Å². The third-order valence-corrected chi connectivity index (χ3v) is 4.26. The highest BCUT2D eigenvalue weighted by Gasteiger charge is 2.26. The van der Waals surface area contributed by atoms with Crippen molar-refractivity contribution < 1.29 is 14.3 Å². The van der Waals surface area contributed by atoms with Crippen LogP contribution in [0.2, 0.25) is 0 Å². The Kier molecular flexibility index (Phi) is 7.57. The maximum Gasteiger partial charge on any atom is 0.310 e. The lowest BCUT2D eigenvalue weighted by Crippen LogP contribution is -2.39. The van der Waals surface area contributed by atoms with Crippen LogP contribution in [0.25, 0.3) is 0 Å². The topological polar surface area (TPSA) is 62.6 Å². The van der Waals surface area contributed by atoms with Crippen molar-refractivity contribution in [2.45, 2.75) is 32.6 Å². The van der Waals surface area contributed by atoms with Crippen LogP contribution < -0.4 is 4.74 Å². The lowest BCUT2D eigenvalue weighted by Gasteiger charge is -2.31. The fourth-order valence-electron chi connectivity index (χ4n) is 3.02. The fraction of sp³-hybridized carbons (Fsp3) is 0.579. The molecular formula is C19H26N2O3. The van der Waals surface area contributed by atoms with Gasteiger partial charge in [-0.25, -0.2) is 0 Å². The van der Waals surface area contributed by atoms with E-state index in [4.69, 9.17) is 14.7 Å². The second kappa shape index (κ2) is 9.94. The van der Waals surface area contributed by atoms with E-state index in [1.807, 2.05) is 25.1 Å². The number of hydrogen-bond donors (Lipinski definition) is 0. The number of nitrogens with zero attached hydrogens (tertiary/aromatic N) is 2. The second-order valence-corrected chi connectivity index (χ2v) is 6.06. The molecule has 0 amide bonds. The number of nitriles is 1. The summed E-state index contributed by atoms with van der Waals surface area (Å²) < 4.78 is 10.8. The Morgan fingerprint density at radius 2 is 2.21 bits per heavy atom. The van der Waals surface area contributed by atoms with Crippen molar-refractivity contribution >= 4 is 5.97 Å². The number of piperidine rings is 1. The molecule has 0 saturated carbocycles. The van der Waals surface area contributed by atoms with Crippen LogP contribution in [0.5, 0.6) is 5.75 Å². The van der Waals surface area contributed by atoms with Crippen molar-refractivity contribution in [2.75, 3.05) is 32.8 Å². The number of carbonyl (C=O) groups is 1. The molecule has 0 radical (unpaired) electrons. The van der Waals surface area contributed by atoms with Gasteiger partial charge in [-0.15, -0.1) is 0 Å². The lowest BCUT2D eigenvalue weighted by atomic mass is 9.98. The van der Waals surface area contributed by atoms with E-state index in [1.54, 1.807) is 6.07 Å². The molecule has 1 atom stereocenters. The average Bonchev–Trinajstić information content (AvgIpc) is 2.62. The molecule has 1 aliphatic rings. The Hall–Kier alpha value is -2.06. The molecule has 0 aromatic heterocycles. The summed E-state index contributed by atoms with van der Waals surface area (Å²) in [4.78, 5) is 14.2. The highest BCUT2D eigenvalue weighted by molar-refractivity contribution is 5.72. The van der Waals surface area contributed by atoms with Gasteiger partial charge in [0.05, 0.1) is 24.7 Å². The molecule has 0 aliphatic carbocycles. The van der Waals surface area contributed by atoms with Crippen molar-refractivity contribution in [1.82, 2.24) is 4.90 Å². The van der Waals surface area contributed by atoms with Crippen molar-refractivity contribution in [1.29, 1.82) is 5.26 Å². The molecule has 0 unspecified atom stereocenters. The largest absolute Gasteiger partial charge is 0.492 e.